The Balaban J connectivity index is 1.92. The molecule has 4 N–H and O–H groups in total. The maximum Gasteiger partial charge on any atom is 0.262 e. The van der Waals surface area contributed by atoms with Crippen molar-refractivity contribution in [1.29, 1.82) is 0 Å². The van der Waals surface area contributed by atoms with E-state index in [4.69, 9.17) is 19.9 Å². The van der Waals surface area contributed by atoms with Crippen molar-refractivity contribution in [3.8, 4) is 17.2 Å². The van der Waals surface area contributed by atoms with Crippen LogP contribution in [0.15, 0.2) is 65.6 Å². The van der Waals surface area contributed by atoms with E-state index in [9.17, 15) is 18.0 Å². The van der Waals surface area contributed by atoms with Crippen molar-refractivity contribution in [3.63, 3.8) is 0 Å². The molecule has 0 unspecified atom stereocenters. The summed E-state index contributed by atoms with van der Waals surface area (Å²) < 4.78 is 43.8. The van der Waals surface area contributed by atoms with Crippen LogP contribution in [0, 0.1) is 0 Å². The van der Waals surface area contributed by atoms with Crippen molar-refractivity contribution in [2.45, 2.75) is 4.90 Å². The van der Waals surface area contributed by atoms with Crippen LogP contribution in [0.2, 0.25) is 0 Å². The van der Waals surface area contributed by atoms with Crippen LogP contribution in [0.4, 0.5) is 11.4 Å². The molecule has 0 radical (unpaired) electrons. The van der Waals surface area contributed by atoms with Crippen LogP contribution in [-0.2, 0) is 10.0 Å². The third-order valence-corrected chi connectivity index (χ3v) is 6.16. The first-order chi connectivity index (χ1) is 16.2. The van der Waals surface area contributed by atoms with Crippen LogP contribution < -0.4 is 30.0 Å². The van der Waals surface area contributed by atoms with Crippen molar-refractivity contribution < 1.29 is 32.2 Å². The van der Waals surface area contributed by atoms with Gasteiger partial charge in [0.2, 0.25) is 0 Å². The summed E-state index contributed by atoms with van der Waals surface area (Å²) >= 11 is 0. The number of hydrogen-bond donors (Lipinski definition) is 3. The topological polar surface area (TPSA) is 146 Å². The first kappa shape index (κ1) is 24.4. The van der Waals surface area contributed by atoms with E-state index in [2.05, 4.69) is 10.0 Å². The van der Waals surface area contributed by atoms with Crippen LogP contribution >= 0.6 is 0 Å². The molecule has 0 spiro atoms. The minimum Gasteiger partial charge on any atom is -0.495 e. The van der Waals surface area contributed by atoms with Crippen molar-refractivity contribution in [3.05, 3.63) is 71.8 Å². The number of carbonyl (C=O) groups is 2. The standard InChI is InChI=1S/C23H23N3O7S/c1-31-19-10-5-4-9-17(19)26-34(29,30)15-8-6-7-14(11-15)23(28)25-18-13-21(33-3)20(32-2)12-16(18)22(24)27/h4-13,26H,1-3H3,(H2,24,27)(H,25,28). The molecule has 3 aromatic rings. The fourth-order valence-electron chi connectivity index (χ4n) is 3.12. The van der Waals surface area contributed by atoms with Gasteiger partial charge < -0.3 is 25.3 Å². The van der Waals surface area contributed by atoms with Gasteiger partial charge in [0.05, 0.1) is 43.2 Å². The smallest absolute Gasteiger partial charge is 0.262 e. The van der Waals surface area contributed by atoms with Crippen molar-refractivity contribution in [2.75, 3.05) is 31.4 Å². The van der Waals surface area contributed by atoms with Crippen LogP contribution in [0.1, 0.15) is 20.7 Å². The van der Waals surface area contributed by atoms with Gasteiger partial charge in [0.15, 0.2) is 11.5 Å². The molecule has 0 saturated heterocycles. The second-order valence-electron chi connectivity index (χ2n) is 6.90. The first-order valence-electron chi connectivity index (χ1n) is 9.83. The van der Waals surface area contributed by atoms with E-state index in [1.165, 1.54) is 57.7 Å². The molecule has 11 heteroatoms. The number of carbonyl (C=O) groups excluding carboxylic acids is 2. The van der Waals surface area contributed by atoms with E-state index in [0.717, 1.165) is 0 Å². The number of primary amides is 1. The van der Waals surface area contributed by atoms with E-state index in [-0.39, 0.29) is 38.9 Å². The van der Waals surface area contributed by atoms with Gasteiger partial charge in [-0.05, 0) is 36.4 Å². The third-order valence-electron chi connectivity index (χ3n) is 4.80. The predicted octanol–water partition coefficient (Wildman–Crippen LogP) is 2.86. The number of sulfonamides is 1. The Morgan fingerprint density at radius 1 is 0.794 bits per heavy atom. The molecule has 10 nitrogen and oxygen atoms in total. The summed E-state index contributed by atoms with van der Waals surface area (Å²) in [6, 6.07) is 14.7. The predicted molar refractivity (Wildman–Crippen MR) is 126 cm³/mol. The summed E-state index contributed by atoms with van der Waals surface area (Å²) in [5.74, 6) is -0.602. The Morgan fingerprint density at radius 2 is 1.44 bits per heavy atom. The largest absolute Gasteiger partial charge is 0.495 e. The highest BCUT2D eigenvalue weighted by molar-refractivity contribution is 7.92. The lowest BCUT2D eigenvalue weighted by Gasteiger charge is -2.15. The minimum atomic E-state index is -4.04. The van der Waals surface area contributed by atoms with E-state index >= 15 is 0 Å². The molecule has 0 aliphatic carbocycles. The lowest BCUT2D eigenvalue weighted by atomic mass is 10.1. The van der Waals surface area contributed by atoms with E-state index in [1.807, 2.05) is 0 Å². The van der Waals surface area contributed by atoms with Crippen molar-refractivity contribution in [1.82, 2.24) is 0 Å². The molecule has 2 amide bonds. The SMILES string of the molecule is COc1ccccc1NS(=O)(=O)c1cccc(C(=O)Nc2cc(OC)c(OC)cc2C(N)=O)c1. The van der Waals surface area contributed by atoms with Gasteiger partial charge in [-0.1, -0.05) is 18.2 Å². The molecule has 0 aromatic heterocycles. The molecule has 0 fully saturated rings. The van der Waals surface area contributed by atoms with Gasteiger partial charge in [-0.2, -0.15) is 0 Å². The highest BCUT2D eigenvalue weighted by atomic mass is 32.2. The second kappa shape index (κ2) is 10.1. The molecule has 0 aliphatic rings. The molecular formula is C23H23N3O7S. The number of rotatable bonds is 9. The van der Waals surface area contributed by atoms with Crippen LogP contribution in [0.5, 0.6) is 17.2 Å². The zero-order chi connectivity index (χ0) is 24.9. The van der Waals surface area contributed by atoms with Crippen LogP contribution in [0.25, 0.3) is 0 Å². The molecule has 178 valence electrons. The average Bonchev–Trinajstić information content (AvgIpc) is 2.83. The summed E-state index contributed by atoms with van der Waals surface area (Å²) in [5.41, 5.74) is 5.79. The number of para-hydroxylation sites is 2. The molecule has 0 atom stereocenters. The number of hydrogen-bond acceptors (Lipinski definition) is 7. The lowest BCUT2D eigenvalue weighted by molar-refractivity contribution is 0.100. The lowest BCUT2D eigenvalue weighted by Crippen LogP contribution is -2.19. The molecule has 0 saturated carbocycles. The van der Waals surface area contributed by atoms with Crippen LogP contribution in [-0.4, -0.2) is 41.6 Å². The van der Waals surface area contributed by atoms with E-state index < -0.39 is 21.8 Å². The van der Waals surface area contributed by atoms with E-state index in [0.29, 0.717) is 5.75 Å². The van der Waals surface area contributed by atoms with E-state index in [1.54, 1.807) is 24.3 Å². The molecule has 3 aromatic carbocycles. The van der Waals surface area contributed by atoms with Crippen molar-refractivity contribution >= 4 is 33.2 Å². The van der Waals surface area contributed by atoms with Crippen LogP contribution in [0.3, 0.4) is 0 Å². The number of methoxy groups -OCH3 is 3. The number of amides is 2. The molecular weight excluding hydrogens is 462 g/mol. The number of ether oxygens (including phenoxy) is 3. The number of benzene rings is 3. The summed E-state index contributed by atoms with van der Waals surface area (Å²) in [6.45, 7) is 0. The Hall–Kier alpha value is -4.25. The average molecular weight is 486 g/mol. The van der Waals surface area contributed by atoms with Gasteiger partial charge in [0.25, 0.3) is 21.8 Å². The fraction of sp³-hybridized carbons (Fsp3) is 0.130. The first-order valence-corrected chi connectivity index (χ1v) is 11.3. The monoisotopic (exact) mass is 485 g/mol. The van der Waals surface area contributed by atoms with Gasteiger partial charge in [-0.15, -0.1) is 0 Å². The fourth-order valence-corrected chi connectivity index (χ4v) is 4.23. The number of nitrogens with two attached hydrogens (primary N) is 1. The summed E-state index contributed by atoms with van der Waals surface area (Å²) in [7, 11) is 0.180. The number of nitrogens with one attached hydrogen (secondary N) is 2. The summed E-state index contributed by atoms with van der Waals surface area (Å²) in [6.07, 6.45) is 0. The third kappa shape index (κ3) is 5.21. The minimum absolute atomic E-state index is 0.00684. The summed E-state index contributed by atoms with van der Waals surface area (Å²) in [4.78, 5) is 24.7. The second-order valence-corrected chi connectivity index (χ2v) is 8.59. The Morgan fingerprint density at radius 3 is 2.09 bits per heavy atom. The molecule has 0 heterocycles. The van der Waals surface area contributed by atoms with Gasteiger partial charge in [-0.25, -0.2) is 8.42 Å². The van der Waals surface area contributed by atoms with Gasteiger partial charge >= 0.3 is 0 Å². The zero-order valence-corrected chi connectivity index (χ0v) is 19.4. The highest BCUT2D eigenvalue weighted by Gasteiger charge is 2.20. The molecule has 34 heavy (non-hydrogen) atoms. The quantitative estimate of drug-likeness (QED) is 0.422. The Bertz CT molecular complexity index is 1340. The highest BCUT2D eigenvalue weighted by Crippen LogP contribution is 2.33. The van der Waals surface area contributed by atoms with Gasteiger partial charge in [0, 0.05) is 11.6 Å². The maximum atomic E-state index is 12.9. The molecule has 0 aliphatic heterocycles. The Kier molecular flexibility index (Phi) is 7.27. The normalized spacial score (nSPS) is 10.8. The van der Waals surface area contributed by atoms with Gasteiger partial charge in [-0.3, -0.25) is 14.3 Å². The molecule has 0 bridgehead atoms. The van der Waals surface area contributed by atoms with Crippen molar-refractivity contribution in [2.24, 2.45) is 5.73 Å². The zero-order valence-electron chi connectivity index (χ0n) is 18.6. The number of anilines is 2. The van der Waals surface area contributed by atoms with Gasteiger partial charge in [0.1, 0.15) is 5.75 Å². The Labute approximate surface area is 196 Å². The molecule has 3 rings (SSSR count). The summed E-state index contributed by atoms with van der Waals surface area (Å²) in [5, 5.41) is 2.57. The maximum absolute atomic E-state index is 12.9.